The minimum absolute atomic E-state index is 0.347. The lowest BCUT2D eigenvalue weighted by Gasteiger charge is -2.19. The average molecular weight is 296 g/mol. The summed E-state index contributed by atoms with van der Waals surface area (Å²) in [7, 11) is 2.05. The summed E-state index contributed by atoms with van der Waals surface area (Å²) in [4.78, 5) is 0. The van der Waals surface area contributed by atoms with E-state index in [1.807, 2.05) is 0 Å². The van der Waals surface area contributed by atoms with Crippen molar-refractivity contribution in [2.75, 3.05) is 13.6 Å². The molecule has 94 valence electrons. The van der Waals surface area contributed by atoms with Gasteiger partial charge < -0.3 is 5.32 Å². The van der Waals surface area contributed by atoms with Gasteiger partial charge in [-0.1, -0.05) is 48.8 Å². The predicted octanol–water partition coefficient (Wildman–Crippen LogP) is 3.97. The van der Waals surface area contributed by atoms with Gasteiger partial charge in [-0.25, -0.2) is 0 Å². The van der Waals surface area contributed by atoms with E-state index in [1.165, 1.54) is 16.5 Å². The first kappa shape index (κ1) is 13.1. The van der Waals surface area contributed by atoms with Gasteiger partial charge in [0.1, 0.15) is 0 Å². The van der Waals surface area contributed by atoms with Crippen molar-refractivity contribution in [1.29, 1.82) is 0 Å². The molecule has 1 aromatic carbocycles. The van der Waals surface area contributed by atoms with E-state index in [0.717, 1.165) is 12.5 Å². The van der Waals surface area contributed by atoms with Crippen molar-refractivity contribution in [2.45, 2.75) is 32.6 Å². The van der Waals surface area contributed by atoms with Gasteiger partial charge in [0, 0.05) is 9.89 Å². The molecule has 1 aromatic rings. The summed E-state index contributed by atoms with van der Waals surface area (Å²) in [5, 5.41) is 3.35. The first-order chi connectivity index (χ1) is 8.00. The molecule has 0 bridgehead atoms. The van der Waals surface area contributed by atoms with Crippen LogP contribution in [-0.4, -0.2) is 13.6 Å². The maximum atomic E-state index is 3.59. The highest BCUT2D eigenvalue weighted by atomic mass is 79.9. The number of hydrogen-bond donors (Lipinski definition) is 1. The Labute approximate surface area is 113 Å². The van der Waals surface area contributed by atoms with E-state index >= 15 is 0 Å². The number of halogens is 1. The summed E-state index contributed by atoms with van der Waals surface area (Å²) in [6.45, 7) is 8.23. The predicted molar refractivity (Wildman–Crippen MR) is 77.3 cm³/mol. The second kappa shape index (κ2) is 4.40. The van der Waals surface area contributed by atoms with E-state index < -0.39 is 0 Å². The summed E-state index contributed by atoms with van der Waals surface area (Å²) in [6, 6.07) is 8.84. The highest BCUT2D eigenvalue weighted by Gasteiger charge is 2.69. The van der Waals surface area contributed by atoms with Crippen LogP contribution in [0, 0.1) is 11.3 Å². The summed E-state index contributed by atoms with van der Waals surface area (Å²) >= 11 is 3.59. The third-order valence-electron chi connectivity index (χ3n) is 4.84. The van der Waals surface area contributed by atoms with E-state index in [0.29, 0.717) is 10.8 Å². The van der Waals surface area contributed by atoms with Crippen LogP contribution in [0.5, 0.6) is 0 Å². The quantitative estimate of drug-likeness (QED) is 0.886. The summed E-state index contributed by atoms with van der Waals surface area (Å²) in [5.74, 6) is 0.735. The van der Waals surface area contributed by atoms with Gasteiger partial charge in [-0.05, 0) is 49.0 Å². The van der Waals surface area contributed by atoms with Crippen molar-refractivity contribution in [3.05, 3.63) is 34.3 Å². The highest BCUT2D eigenvalue weighted by Crippen LogP contribution is 2.70. The molecule has 2 heteroatoms. The second-order valence-electron chi connectivity index (χ2n) is 5.67. The van der Waals surface area contributed by atoms with Crippen LogP contribution in [0.25, 0.3) is 0 Å². The Morgan fingerprint density at radius 2 is 2.06 bits per heavy atom. The van der Waals surface area contributed by atoms with Crippen molar-refractivity contribution in [1.82, 2.24) is 5.32 Å². The van der Waals surface area contributed by atoms with Crippen LogP contribution < -0.4 is 5.32 Å². The molecular formula is C15H22BrN. The number of nitrogens with one attached hydrogen (secondary N) is 1. The molecule has 17 heavy (non-hydrogen) atoms. The minimum Gasteiger partial charge on any atom is -0.319 e. The molecule has 1 saturated carbocycles. The van der Waals surface area contributed by atoms with Crippen LogP contribution in [-0.2, 0) is 5.41 Å². The Morgan fingerprint density at radius 3 is 2.59 bits per heavy atom. The molecule has 0 aliphatic heterocycles. The van der Waals surface area contributed by atoms with Crippen molar-refractivity contribution in [2.24, 2.45) is 11.3 Å². The zero-order chi connectivity index (χ0) is 12.7. The summed E-state index contributed by atoms with van der Waals surface area (Å²) < 4.78 is 1.19. The largest absolute Gasteiger partial charge is 0.319 e. The molecule has 0 amide bonds. The third-order valence-corrected chi connectivity index (χ3v) is 5.33. The fourth-order valence-corrected chi connectivity index (χ4v) is 4.24. The molecule has 2 rings (SSSR count). The van der Waals surface area contributed by atoms with Crippen molar-refractivity contribution in [3.8, 4) is 0 Å². The van der Waals surface area contributed by atoms with Crippen LogP contribution in [0.3, 0.4) is 0 Å². The number of rotatable bonds is 4. The van der Waals surface area contributed by atoms with Crippen LogP contribution in [0.2, 0.25) is 0 Å². The molecule has 0 heterocycles. The van der Waals surface area contributed by atoms with E-state index in [2.05, 4.69) is 73.3 Å². The van der Waals surface area contributed by atoms with Crippen LogP contribution in [0.15, 0.2) is 28.7 Å². The van der Waals surface area contributed by atoms with Gasteiger partial charge in [0.15, 0.2) is 0 Å². The molecule has 0 saturated heterocycles. The molecule has 2 unspecified atom stereocenters. The molecule has 0 radical (unpaired) electrons. The Morgan fingerprint density at radius 1 is 1.35 bits per heavy atom. The fraction of sp³-hybridized carbons (Fsp3) is 0.600. The zero-order valence-electron chi connectivity index (χ0n) is 11.2. The van der Waals surface area contributed by atoms with E-state index in [1.54, 1.807) is 0 Å². The zero-order valence-corrected chi connectivity index (χ0v) is 12.8. The van der Waals surface area contributed by atoms with Crippen LogP contribution in [0.1, 0.15) is 32.8 Å². The van der Waals surface area contributed by atoms with Crippen molar-refractivity contribution in [3.63, 3.8) is 0 Å². The lowest BCUT2D eigenvalue weighted by molar-refractivity contribution is 0.481. The number of benzene rings is 1. The van der Waals surface area contributed by atoms with Crippen molar-refractivity contribution >= 4 is 15.9 Å². The Kier molecular flexibility index (Phi) is 3.39. The second-order valence-corrected chi connectivity index (χ2v) is 6.58. The van der Waals surface area contributed by atoms with Gasteiger partial charge in [0.2, 0.25) is 0 Å². The summed E-state index contributed by atoms with van der Waals surface area (Å²) in [5.41, 5.74) is 2.23. The Bertz CT molecular complexity index is 413. The van der Waals surface area contributed by atoms with Crippen LogP contribution >= 0.6 is 15.9 Å². The first-order valence-corrected chi connectivity index (χ1v) is 7.20. The van der Waals surface area contributed by atoms with E-state index in [9.17, 15) is 0 Å². The molecule has 0 aromatic heterocycles. The monoisotopic (exact) mass is 295 g/mol. The molecule has 0 spiro atoms. The van der Waals surface area contributed by atoms with Gasteiger partial charge in [-0.2, -0.15) is 0 Å². The Balaban J connectivity index is 2.40. The lowest BCUT2D eigenvalue weighted by atomic mass is 9.85. The highest BCUT2D eigenvalue weighted by molar-refractivity contribution is 9.10. The third kappa shape index (κ3) is 1.77. The normalized spacial score (nSPS) is 30.3. The number of hydrogen-bond acceptors (Lipinski definition) is 1. The van der Waals surface area contributed by atoms with Crippen molar-refractivity contribution < 1.29 is 0 Å². The fourth-order valence-electron chi connectivity index (χ4n) is 3.84. The standard InChI is InChI=1S/C15H22BrN/c1-5-15(11-7-6-8-12(16)9-11)13(10-17-4)14(15,2)3/h6-9,13,17H,5,10H2,1-4H3. The maximum absolute atomic E-state index is 3.59. The lowest BCUT2D eigenvalue weighted by Crippen LogP contribution is -2.17. The van der Waals surface area contributed by atoms with Gasteiger partial charge in [0.05, 0.1) is 0 Å². The van der Waals surface area contributed by atoms with Gasteiger partial charge in [-0.3, -0.25) is 0 Å². The first-order valence-electron chi connectivity index (χ1n) is 6.41. The van der Waals surface area contributed by atoms with E-state index in [4.69, 9.17) is 0 Å². The minimum atomic E-state index is 0.347. The molecule has 1 aliphatic rings. The summed E-state index contributed by atoms with van der Waals surface area (Å²) in [6.07, 6.45) is 1.21. The molecule has 2 atom stereocenters. The van der Waals surface area contributed by atoms with Crippen LogP contribution in [0.4, 0.5) is 0 Å². The smallest absolute Gasteiger partial charge is 0.0178 e. The van der Waals surface area contributed by atoms with E-state index in [-0.39, 0.29) is 0 Å². The molecule has 1 aliphatic carbocycles. The van der Waals surface area contributed by atoms with Gasteiger partial charge in [0.25, 0.3) is 0 Å². The Hall–Kier alpha value is -0.340. The maximum Gasteiger partial charge on any atom is 0.0178 e. The molecular weight excluding hydrogens is 274 g/mol. The molecule has 1 nitrogen and oxygen atoms in total. The van der Waals surface area contributed by atoms with Gasteiger partial charge >= 0.3 is 0 Å². The molecule has 1 N–H and O–H groups in total. The topological polar surface area (TPSA) is 12.0 Å². The average Bonchev–Trinajstić information content (AvgIpc) is 2.76. The molecule has 1 fully saturated rings. The van der Waals surface area contributed by atoms with Gasteiger partial charge in [-0.15, -0.1) is 0 Å². The SMILES string of the molecule is CCC1(c2cccc(Br)c2)C(CNC)C1(C)C.